The number of hydrogen-bond donors (Lipinski definition) is 2. The summed E-state index contributed by atoms with van der Waals surface area (Å²) >= 11 is 5.85. The largest absolute Gasteiger partial charge is 0.481 e. The van der Waals surface area contributed by atoms with E-state index in [2.05, 4.69) is 10.5 Å². The van der Waals surface area contributed by atoms with E-state index in [0.717, 1.165) is 5.56 Å². The number of carboxylic acids is 1. The molecule has 0 aliphatic carbocycles. The van der Waals surface area contributed by atoms with Crippen LogP contribution in [0.2, 0.25) is 5.02 Å². The fourth-order valence-electron chi connectivity index (χ4n) is 2.23. The number of rotatable bonds is 7. The number of carboxylic acid groups (broad SMARTS) is 1. The van der Waals surface area contributed by atoms with Crippen LogP contribution in [0.1, 0.15) is 53.9 Å². The molecule has 0 aliphatic rings. The van der Waals surface area contributed by atoms with Crippen molar-refractivity contribution in [3.63, 3.8) is 0 Å². The third-order valence-electron chi connectivity index (χ3n) is 3.60. The minimum atomic E-state index is -0.937. The number of nitrogens with zero attached hydrogens (tertiary/aromatic N) is 1. The second kappa shape index (κ2) is 7.97. The van der Waals surface area contributed by atoms with Crippen LogP contribution in [0.5, 0.6) is 0 Å². The van der Waals surface area contributed by atoms with E-state index in [0.29, 0.717) is 10.8 Å². The molecule has 7 heteroatoms. The predicted octanol–water partition coefficient (Wildman–Crippen LogP) is 3.44. The first-order valence-electron chi connectivity index (χ1n) is 7.59. The Balaban J connectivity index is 2.04. The van der Waals surface area contributed by atoms with Crippen molar-refractivity contribution in [1.29, 1.82) is 0 Å². The molecule has 24 heavy (non-hydrogen) atoms. The van der Waals surface area contributed by atoms with Gasteiger partial charge in [-0.2, -0.15) is 0 Å². The summed E-state index contributed by atoms with van der Waals surface area (Å²) in [5.41, 5.74) is 0.981. The van der Waals surface area contributed by atoms with E-state index in [4.69, 9.17) is 21.2 Å². The van der Waals surface area contributed by atoms with Gasteiger partial charge in [0.25, 0.3) is 5.91 Å². The van der Waals surface area contributed by atoms with Gasteiger partial charge in [-0.3, -0.25) is 9.59 Å². The van der Waals surface area contributed by atoms with Gasteiger partial charge < -0.3 is 14.9 Å². The zero-order valence-corrected chi connectivity index (χ0v) is 14.2. The normalized spacial score (nSPS) is 12.2. The highest BCUT2D eigenvalue weighted by Crippen LogP contribution is 2.21. The minimum absolute atomic E-state index is 0.0992. The summed E-state index contributed by atoms with van der Waals surface area (Å²) in [6.07, 6.45) is -0.0992. The summed E-state index contributed by atoms with van der Waals surface area (Å²) < 4.78 is 5.10. The van der Waals surface area contributed by atoms with Gasteiger partial charge in [-0.25, -0.2) is 0 Å². The summed E-state index contributed by atoms with van der Waals surface area (Å²) in [5, 5.41) is 16.1. The van der Waals surface area contributed by atoms with E-state index in [1.807, 2.05) is 13.8 Å². The molecule has 1 amide bonds. The second-order valence-corrected chi connectivity index (χ2v) is 6.26. The van der Waals surface area contributed by atoms with Crippen molar-refractivity contribution in [3.05, 3.63) is 52.4 Å². The lowest BCUT2D eigenvalue weighted by Gasteiger charge is -2.16. The third-order valence-corrected chi connectivity index (χ3v) is 3.85. The zero-order chi connectivity index (χ0) is 17.7. The molecule has 6 nitrogen and oxygen atoms in total. The number of hydrogen-bond acceptors (Lipinski definition) is 4. The van der Waals surface area contributed by atoms with Crippen molar-refractivity contribution >= 4 is 23.5 Å². The van der Waals surface area contributed by atoms with Crippen LogP contribution in [0.15, 0.2) is 34.9 Å². The monoisotopic (exact) mass is 350 g/mol. The van der Waals surface area contributed by atoms with Gasteiger partial charge in [0, 0.05) is 29.5 Å². The molecule has 0 saturated heterocycles. The highest BCUT2D eigenvalue weighted by atomic mass is 35.5. The quantitative estimate of drug-likeness (QED) is 0.798. The Morgan fingerprint density at radius 3 is 2.50 bits per heavy atom. The Morgan fingerprint density at radius 1 is 1.29 bits per heavy atom. The van der Waals surface area contributed by atoms with Gasteiger partial charge in [0.2, 0.25) is 0 Å². The van der Waals surface area contributed by atoms with Gasteiger partial charge in [-0.15, -0.1) is 0 Å². The zero-order valence-electron chi connectivity index (χ0n) is 13.5. The second-order valence-electron chi connectivity index (χ2n) is 5.83. The molecule has 0 aliphatic heterocycles. The molecule has 1 heterocycles. The highest BCUT2D eigenvalue weighted by molar-refractivity contribution is 6.30. The Kier molecular flexibility index (Phi) is 5.98. The Bertz CT molecular complexity index is 710. The maximum absolute atomic E-state index is 12.2. The summed E-state index contributed by atoms with van der Waals surface area (Å²) in [6, 6.07) is 8.50. The lowest BCUT2D eigenvalue weighted by atomic mass is 9.95. The van der Waals surface area contributed by atoms with Crippen molar-refractivity contribution in [2.75, 3.05) is 6.54 Å². The molecule has 0 unspecified atom stereocenters. The van der Waals surface area contributed by atoms with Crippen molar-refractivity contribution in [1.82, 2.24) is 10.5 Å². The van der Waals surface area contributed by atoms with E-state index in [1.165, 1.54) is 0 Å². The fraction of sp³-hybridized carbons (Fsp3) is 0.353. The van der Waals surface area contributed by atoms with Crippen LogP contribution < -0.4 is 5.32 Å². The van der Waals surface area contributed by atoms with Crippen LogP contribution >= 0.6 is 11.6 Å². The number of aromatic nitrogens is 1. The standard InChI is InChI=1S/C17H19ClN2O4/c1-10(2)15-8-14(20-24-15)17(23)19-9-12(7-16(21)22)11-3-5-13(18)6-4-11/h3-6,8,10,12H,7,9H2,1-2H3,(H,19,23)(H,21,22)/t12-/m1/s1. The lowest BCUT2D eigenvalue weighted by molar-refractivity contribution is -0.137. The molecule has 2 N–H and O–H groups in total. The van der Waals surface area contributed by atoms with E-state index in [-0.39, 0.29) is 30.5 Å². The number of nitrogens with one attached hydrogen (secondary N) is 1. The van der Waals surface area contributed by atoms with Crippen LogP contribution in [0.25, 0.3) is 0 Å². The first kappa shape index (κ1) is 18.0. The van der Waals surface area contributed by atoms with Crippen molar-refractivity contribution in [2.45, 2.75) is 32.1 Å². The van der Waals surface area contributed by atoms with Crippen molar-refractivity contribution < 1.29 is 19.2 Å². The van der Waals surface area contributed by atoms with Crippen molar-refractivity contribution in [2.24, 2.45) is 0 Å². The first-order chi connectivity index (χ1) is 11.4. The molecule has 0 spiro atoms. The smallest absolute Gasteiger partial charge is 0.304 e. The SMILES string of the molecule is CC(C)c1cc(C(=O)NC[C@@H](CC(=O)O)c2ccc(Cl)cc2)no1. The predicted molar refractivity (Wildman–Crippen MR) is 89.4 cm³/mol. The summed E-state index contributed by atoms with van der Waals surface area (Å²) in [7, 11) is 0. The molecule has 0 bridgehead atoms. The van der Waals surface area contributed by atoms with E-state index in [9.17, 15) is 9.59 Å². The molecule has 2 aromatic rings. The molecule has 128 valence electrons. The Labute approximate surface area is 144 Å². The number of carbonyl (C=O) groups excluding carboxylic acids is 1. The molecular formula is C17H19ClN2O4. The van der Waals surface area contributed by atoms with Gasteiger partial charge in [-0.1, -0.05) is 42.7 Å². The van der Waals surface area contributed by atoms with Gasteiger partial charge in [0.15, 0.2) is 5.69 Å². The number of amides is 1. The maximum atomic E-state index is 12.2. The van der Waals surface area contributed by atoms with Crippen LogP contribution in [-0.4, -0.2) is 28.7 Å². The maximum Gasteiger partial charge on any atom is 0.304 e. The van der Waals surface area contributed by atoms with Gasteiger partial charge >= 0.3 is 5.97 Å². The molecule has 0 fully saturated rings. The number of halogens is 1. The average molecular weight is 351 g/mol. The minimum Gasteiger partial charge on any atom is -0.481 e. The Hall–Kier alpha value is -2.34. The fourth-order valence-corrected chi connectivity index (χ4v) is 2.35. The molecule has 0 radical (unpaired) electrons. The third kappa shape index (κ3) is 4.83. The molecule has 1 atom stereocenters. The summed E-state index contributed by atoms with van der Waals surface area (Å²) in [5.74, 6) is -0.935. The molecule has 0 saturated carbocycles. The Morgan fingerprint density at radius 2 is 1.96 bits per heavy atom. The molecule has 1 aromatic carbocycles. The average Bonchev–Trinajstić information content (AvgIpc) is 3.02. The van der Waals surface area contributed by atoms with E-state index in [1.54, 1.807) is 30.3 Å². The summed E-state index contributed by atoms with van der Waals surface area (Å²) in [4.78, 5) is 23.2. The van der Waals surface area contributed by atoms with Crippen LogP contribution in [0.3, 0.4) is 0 Å². The van der Waals surface area contributed by atoms with E-state index >= 15 is 0 Å². The first-order valence-corrected chi connectivity index (χ1v) is 7.96. The molecule has 2 rings (SSSR count). The van der Waals surface area contributed by atoms with Gasteiger partial charge in [0.1, 0.15) is 5.76 Å². The summed E-state index contributed by atoms with van der Waals surface area (Å²) in [6.45, 7) is 4.05. The van der Waals surface area contributed by atoms with E-state index < -0.39 is 11.9 Å². The van der Waals surface area contributed by atoms with Gasteiger partial charge in [0.05, 0.1) is 6.42 Å². The van der Waals surface area contributed by atoms with Crippen LogP contribution in [0.4, 0.5) is 0 Å². The number of carbonyl (C=O) groups is 2. The molecule has 1 aromatic heterocycles. The highest BCUT2D eigenvalue weighted by Gasteiger charge is 2.19. The van der Waals surface area contributed by atoms with Crippen LogP contribution in [-0.2, 0) is 4.79 Å². The number of aliphatic carboxylic acids is 1. The molecular weight excluding hydrogens is 332 g/mol. The van der Waals surface area contributed by atoms with Gasteiger partial charge in [-0.05, 0) is 17.7 Å². The van der Waals surface area contributed by atoms with Crippen molar-refractivity contribution in [3.8, 4) is 0 Å². The number of benzene rings is 1. The lowest BCUT2D eigenvalue weighted by Crippen LogP contribution is -2.29. The van der Waals surface area contributed by atoms with Crippen LogP contribution in [0, 0.1) is 0 Å². The topological polar surface area (TPSA) is 92.4 Å².